The molecule has 0 aromatic heterocycles. The second-order valence-corrected chi connectivity index (χ2v) is 16.8. The van der Waals surface area contributed by atoms with E-state index in [1.54, 1.807) is 48.5 Å². The molecule has 7 aromatic carbocycles. The number of hydrogen-bond donors (Lipinski definition) is 2. The smallest absolute Gasteiger partial charge is 0.206 e. The molecule has 7 rings (SSSR count). The van der Waals surface area contributed by atoms with Crippen molar-refractivity contribution in [2.45, 2.75) is 56.1 Å². The summed E-state index contributed by atoms with van der Waals surface area (Å²) in [7, 11) is -3.68. The number of aryl methyl sites for hydroxylation is 1. The highest BCUT2D eigenvalue weighted by atomic mass is 32.2. The largest absolute Gasteiger partial charge is 0.491 e. The lowest BCUT2D eigenvalue weighted by atomic mass is 9.96. The number of hydrogen-bond acceptors (Lipinski definition) is 7. The fourth-order valence-electron chi connectivity index (χ4n) is 6.53. The summed E-state index contributed by atoms with van der Waals surface area (Å²) in [6.07, 6.45) is 0.114. The Bertz CT molecular complexity index is 2530. The van der Waals surface area contributed by atoms with Gasteiger partial charge in [0.25, 0.3) is 0 Å². The van der Waals surface area contributed by atoms with Crippen molar-refractivity contribution in [2.24, 2.45) is 5.73 Å². The molecule has 0 spiro atoms. The summed E-state index contributed by atoms with van der Waals surface area (Å²) in [6.45, 7) is 9.96. The van der Waals surface area contributed by atoms with Gasteiger partial charge in [-0.1, -0.05) is 54.6 Å². The van der Waals surface area contributed by atoms with E-state index in [1.165, 1.54) is 5.56 Å². The zero-order chi connectivity index (χ0) is 40.2. The van der Waals surface area contributed by atoms with E-state index in [-0.39, 0.29) is 15.9 Å². The Morgan fingerprint density at radius 1 is 0.579 bits per heavy atom. The molecule has 0 amide bonds. The van der Waals surface area contributed by atoms with Crippen LogP contribution >= 0.6 is 0 Å². The number of benzene rings is 7. The molecule has 0 heterocycles. The van der Waals surface area contributed by atoms with Crippen molar-refractivity contribution in [2.75, 3.05) is 10.2 Å². The van der Waals surface area contributed by atoms with Crippen LogP contribution in [0.3, 0.4) is 0 Å². The number of anilines is 5. The first-order chi connectivity index (χ1) is 27.3. The van der Waals surface area contributed by atoms with Crippen LogP contribution in [0.4, 0.5) is 28.4 Å². The lowest BCUT2D eigenvalue weighted by Gasteiger charge is -2.27. The average molecular weight is 774 g/mol. The van der Waals surface area contributed by atoms with Gasteiger partial charge in [0.15, 0.2) is 0 Å². The molecule has 57 heavy (non-hydrogen) atoms. The normalized spacial score (nSPS) is 11.6. The van der Waals surface area contributed by atoms with Gasteiger partial charge in [0.1, 0.15) is 17.2 Å². The van der Waals surface area contributed by atoms with E-state index < -0.39 is 15.4 Å². The number of nitrogens with one attached hydrogen (secondary N) is 1. The van der Waals surface area contributed by atoms with Gasteiger partial charge in [-0.2, -0.15) is 0 Å². The summed E-state index contributed by atoms with van der Waals surface area (Å²) >= 11 is 0. The quantitative estimate of drug-likeness (QED) is 0.120. The van der Waals surface area contributed by atoms with E-state index in [0.717, 1.165) is 50.9 Å². The Hall–Kier alpha value is -6.35. The number of nitrogens with zero attached hydrogens (tertiary/aromatic N) is 1. The highest BCUT2D eigenvalue weighted by Gasteiger charge is 2.20. The third kappa shape index (κ3) is 9.21. The summed E-state index contributed by atoms with van der Waals surface area (Å²) in [5.41, 5.74) is 15.0. The summed E-state index contributed by atoms with van der Waals surface area (Å²) in [4.78, 5) is 2.68. The maximum Gasteiger partial charge on any atom is 0.206 e. The molecular weight excluding hydrogens is 727 g/mol. The molecule has 0 fully saturated rings. The minimum atomic E-state index is -3.68. The number of para-hydroxylation sites is 1. The van der Waals surface area contributed by atoms with Crippen molar-refractivity contribution in [3.05, 3.63) is 181 Å². The first kappa shape index (κ1) is 38.9. The van der Waals surface area contributed by atoms with Gasteiger partial charge in [0.05, 0.1) is 15.9 Å². The predicted molar refractivity (Wildman–Crippen MR) is 232 cm³/mol. The van der Waals surface area contributed by atoms with Gasteiger partial charge in [-0.3, -0.25) is 0 Å². The van der Waals surface area contributed by atoms with Crippen LogP contribution in [0.5, 0.6) is 17.2 Å². The molecule has 0 saturated heterocycles. The summed E-state index contributed by atoms with van der Waals surface area (Å²) in [6, 6.07) is 54.4. The van der Waals surface area contributed by atoms with Crippen molar-refractivity contribution in [3.8, 4) is 28.4 Å². The zero-order valence-electron chi connectivity index (χ0n) is 32.8. The highest BCUT2D eigenvalue weighted by molar-refractivity contribution is 7.91. The molecule has 0 atom stereocenters. The third-order valence-corrected chi connectivity index (χ3v) is 11.4. The van der Waals surface area contributed by atoms with Gasteiger partial charge in [0, 0.05) is 34.0 Å². The van der Waals surface area contributed by atoms with Crippen LogP contribution in [-0.4, -0.2) is 14.5 Å². The minimum Gasteiger partial charge on any atom is -0.491 e. The number of sulfone groups is 1. The molecule has 8 heteroatoms. The van der Waals surface area contributed by atoms with Gasteiger partial charge in [-0.25, -0.2) is 8.42 Å². The molecule has 0 saturated carbocycles. The van der Waals surface area contributed by atoms with E-state index in [0.29, 0.717) is 11.5 Å². The maximum absolute atomic E-state index is 13.2. The fourth-order valence-corrected chi connectivity index (χ4v) is 7.79. The van der Waals surface area contributed by atoms with Crippen molar-refractivity contribution in [3.63, 3.8) is 0 Å². The molecule has 288 valence electrons. The van der Waals surface area contributed by atoms with E-state index in [1.807, 2.05) is 64.1 Å². The molecular formula is C49H47N3O4S. The first-order valence-electron chi connectivity index (χ1n) is 19.0. The summed E-state index contributed by atoms with van der Waals surface area (Å²) in [5.74, 6) is 2.02. The molecule has 0 unspecified atom stereocenters. The third-order valence-electron chi connectivity index (χ3n) is 9.59. The van der Waals surface area contributed by atoms with Crippen molar-refractivity contribution < 1.29 is 17.9 Å². The Balaban J connectivity index is 0.985. The monoisotopic (exact) mass is 773 g/mol. The van der Waals surface area contributed by atoms with Crippen LogP contribution in [0.1, 0.15) is 38.8 Å². The molecule has 0 bridgehead atoms. The van der Waals surface area contributed by atoms with Gasteiger partial charge in [0.2, 0.25) is 9.84 Å². The van der Waals surface area contributed by atoms with Crippen molar-refractivity contribution >= 4 is 38.3 Å². The van der Waals surface area contributed by atoms with Crippen LogP contribution in [0.15, 0.2) is 180 Å². The summed E-state index contributed by atoms with van der Waals surface area (Å²) < 4.78 is 38.4. The van der Waals surface area contributed by atoms with E-state index in [4.69, 9.17) is 15.2 Å². The Labute approximate surface area is 336 Å². The average Bonchev–Trinajstić information content (AvgIpc) is 3.20. The standard InChI is InChI=1S/C49H47N3O4S/c1-34(2)55-43-26-22-42(23-27-43)52(48-9-7-6-8-35(48)3)41-20-12-37(13-21-41)36-10-16-39(17-11-36)51-40-18-24-44(25-19-40)56-45-28-32-47(33-29-45)57(53,54)46-30-14-38(15-31-46)49(4,5)50/h6-34,51H,50H2,1-5H3. The Morgan fingerprint density at radius 2 is 1.02 bits per heavy atom. The SMILES string of the molecule is Cc1ccccc1N(c1ccc(OC(C)C)cc1)c1ccc(-c2ccc(Nc3ccc(Oc4ccc(S(=O)(=O)c5ccc(C(C)(C)N)cc5)cc4)cc3)cc2)cc1. The predicted octanol–water partition coefficient (Wildman–Crippen LogP) is 12.5. The van der Waals surface area contributed by atoms with Gasteiger partial charge >= 0.3 is 0 Å². The number of ether oxygens (including phenoxy) is 2. The van der Waals surface area contributed by atoms with Crippen LogP contribution in [0.2, 0.25) is 0 Å². The van der Waals surface area contributed by atoms with Crippen molar-refractivity contribution in [1.29, 1.82) is 0 Å². The fraction of sp³-hybridized carbons (Fsp3) is 0.143. The van der Waals surface area contributed by atoms with Gasteiger partial charge in [-0.15, -0.1) is 0 Å². The Morgan fingerprint density at radius 3 is 1.53 bits per heavy atom. The maximum atomic E-state index is 13.2. The van der Waals surface area contributed by atoms with E-state index in [9.17, 15) is 8.42 Å². The number of nitrogens with two attached hydrogens (primary N) is 1. The second-order valence-electron chi connectivity index (χ2n) is 14.9. The van der Waals surface area contributed by atoms with E-state index in [2.05, 4.69) is 102 Å². The topological polar surface area (TPSA) is 93.9 Å². The van der Waals surface area contributed by atoms with Crippen LogP contribution in [0.25, 0.3) is 11.1 Å². The number of rotatable bonds is 13. The lowest BCUT2D eigenvalue weighted by molar-refractivity contribution is 0.242. The zero-order valence-corrected chi connectivity index (χ0v) is 33.6. The molecule has 0 aliphatic carbocycles. The molecule has 3 N–H and O–H groups in total. The minimum absolute atomic E-state index is 0.114. The second kappa shape index (κ2) is 16.4. The molecule has 0 aliphatic rings. The molecule has 0 radical (unpaired) electrons. The van der Waals surface area contributed by atoms with Crippen LogP contribution in [-0.2, 0) is 15.4 Å². The van der Waals surface area contributed by atoms with Gasteiger partial charge in [-0.05, 0) is 172 Å². The lowest BCUT2D eigenvalue weighted by Crippen LogP contribution is -2.28. The molecule has 7 nitrogen and oxygen atoms in total. The highest BCUT2D eigenvalue weighted by Crippen LogP contribution is 2.38. The first-order valence-corrected chi connectivity index (χ1v) is 20.4. The summed E-state index contributed by atoms with van der Waals surface area (Å²) in [5, 5.41) is 3.46. The van der Waals surface area contributed by atoms with E-state index >= 15 is 0 Å². The molecule has 0 aliphatic heterocycles. The van der Waals surface area contributed by atoms with Crippen molar-refractivity contribution in [1.82, 2.24) is 0 Å². The molecule has 7 aromatic rings. The van der Waals surface area contributed by atoms with Crippen LogP contribution in [0, 0.1) is 6.92 Å². The Kier molecular flexibility index (Phi) is 11.2. The van der Waals surface area contributed by atoms with Gasteiger partial charge < -0.3 is 25.4 Å². The van der Waals surface area contributed by atoms with Crippen LogP contribution < -0.4 is 25.4 Å².